The fourth-order valence-corrected chi connectivity index (χ4v) is 3.12. The predicted molar refractivity (Wildman–Crippen MR) is 112 cm³/mol. The summed E-state index contributed by atoms with van der Waals surface area (Å²) in [5, 5.41) is 1.79. The van der Waals surface area contributed by atoms with Crippen LogP contribution in [0.1, 0.15) is 11.1 Å². The number of hydrogen-bond acceptors (Lipinski definition) is 3. The Morgan fingerprint density at radius 1 is 0.900 bits per heavy atom. The Bertz CT molecular complexity index is 1020. The molecule has 7 heteroatoms. The summed E-state index contributed by atoms with van der Waals surface area (Å²) < 4.78 is 54.1. The molecule has 0 aromatic heterocycles. The molecule has 0 saturated heterocycles. The van der Waals surface area contributed by atoms with Crippen LogP contribution < -0.4 is 4.74 Å². The van der Waals surface area contributed by atoms with Gasteiger partial charge in [-0.1, -0.05) is 29.5 Å². The van der Waals surface area contributed by atoms with Crippen LogP contribution in [0.2, 0.25) is 0 Å². The Hall–Kier alpha value is -3.06. The van der Waals surface area contributed by atoms with Crippen LogP contribution in [0.5, 0.6) is 5.75 Å². The van der Waals surface area contributed by atoms with Crippen molar-refractivity contribution in [2.24, 2.45) is 4.99 Å². The van der Waals surface area contributed by atoms with E-state index < -0.39 is 6.36 Å². The third-order valence-corrected chi connectivity index (χ3v) is 4.73. The minimum Gasteiger partial charge on any atom is -0.406 e. The summed E-state index contributed by atoms with van der Waals surface area (Å²) >= 11 is 1.37. The van der Waals surface area contributed by atoms with Crippen LogP contribution >= 0.6 is 11.8 Å². The molecule has 0 heterocycles. The van der Waals surface area contributed by atoms with Gasteiger partial charge in [0.25, 0.3) is 0 Å². The van der Waals surface area contributed by atoms with Crippen molar-refractivity contribution in [2.45, 2.75) is 18.2 Å². The summed E-state index contributed by atoms with van der Waals surface area (Å²) in [7, 11) is 0. The van der Waals surface area contributed by atoms with Crippen molar-refractivity contribution < 1.29 is 22.3 Å². The first kappa shape index (κ1) is 21.6. The molecule has 0 bridgehead atoms. The first-order valence-corrected chi connectivity index (χ1v) is 9.77. The molecule has 2 nitrogen and oxygen atoms in total. The Morgan fingerprint density at radius 3 is 2.13 bits per heavy atom. The van der Waals surface area contributed by atoms with Crippen molar-refractivity contribution in [3.8, 4) is 5.75 Å². The zero-order valence-corrected chi connectivity index (χ0v) is 16.7. The van der Waals surface area contributed by atoms with Gasteiger partial charge in [-0.3, -0.25) is 0 Å². The van der Waals surface area contributed by atoms with Crippen molar-refractivity contribution in [3.05, 3.63) is 101 Å². The van der Waals surface area contributed by atoms with Crippen LogP contribution in [0.15, 0.2) is 94.2 Å². The highest BCUT2D eigenvalue weighted by atomic mass is 32.2. The normalized spacial score (nSPS) is 12.4. The molecule has 0 saturated carbocycles. The first-order valence-electron chi connectivity index (χ1n) is 8.89. The topological polar surface area (TPSA) is 21.6 Å². The lowest BCUT2D eigenvalue weighted by Crippen LogP contribution is -2.17. The second-order valence-electron chi connectivity index (χ2n) is 6.28. The fraction of sp³-hybridized carbons (Fsp3) is 0.0870. The minimum atomic E-state index is -4.74. The van der Waals surface area contributed by atoms with Gasteiger partial charge in [-0.2, -0.15) is 0 Å². The monoisotopic (exact) mass is 431 g/mol. The Balaban J connectivity index is 1.86. The lowest BCUT2D eigenvalue weighted by Gasteiger charge is -2.09. The molecule has 3 rings (SSSR count). The van der Waals surface area contributed by atoms with Gasteiger partial charge in [0, 0.05) is 10.5 Å². The fourth-order valence-electron chi connectivity index (χ4n) is 2.47. The molecule has 0 aliphatic rings. The quantitative estimate of drug-likeness (QED) is 0.230. The van der Waals surface area contributed by atoms with Gasteiger partial charge in [-0.05, 0) is 79.1 Å². The number of allylic oxidation sites excluding steroid dienone is 1. The zero-order chi connectivity index (χ0) is 21.6. The molecule has 0 unspecified atom stereocenters. The van der Waals surface area contributed by atoms with Gasteiger partial charge < -0.3 is 4.74 Å². The van der Waals surface area contributed by atoms with Gasteiger partial charge in [0.2, 0.25) is 0 Å². The number of nitrogens with zero attached hydrogens (tertiary/aromatic N) is 1. The number of benzene rings is 3. The van der Waals surface area contributed by atoms with Gasteiger partial charge in [0.05, 0.1) is 11.4 Å². The minimum absolute atomic E-state index is 0.300. The van der Waals surface area contributed by atoms with E-state index in [2.05, 4.69) is 9.73 Å². The van der Waals surface area contributed by atoms with E-state index in [1.807, 2.05) is 31.2 Å². The van der Waals surface area contributed by atoms with Crippen LogP contribution in [-0.2, 0) is 0 Å². The molecule has 0 radical (unpaired) electrons. The van der Waals surface area contributed by atoms with Gasteiger partial charge in [0.15, 0.2) is 0 Å². The second-order valence-corrected chi connectivity index (χ2v) is 7.26. The predicted octanol–water partition coefficient (Wildman–Crippen LogP) is 7.46. The average molecular weight is 431 g/mol. The lowest BCUT2D eigenvalue weighted by atomic mass is 10.1. The molecule has 3 aromatic rings. The molecule has 0 spiro atoms. The summed E-state index contributed by atoms with van der Waals surface area (Å²) in [6.45, 7) is 1.97. The van der Waals surface area contributed by atoms with E-state index in [1.54, 1.807) is 23.6 Å². The largest absolute Gasteiger partial charge is 0.573 e. The van der Waals surface area contributed by atoms with Crippen LogP contribution in [-0.4, -0.2) is 12.1 Å². The van der Waals surface area contributed by atoms with Crippen LogP contribution in [0.4, 0.5) is 23.2 Å². The number of ether oxygens (including phenoxy) is 1. The maximum Gasteiger partial charge on any atom is 0.573 e. The third-order valence-electron chi connectivity index (χ3n) is 3.91. The van der Waals surface area contributed by atoms with E-state index in [0.29, 0.717) is 17.0 Å². The first-order chi connectivity index (χ1) is 14.3. The van der Waals surface area contributed by atoms with Crippen LogP contribution in [0.3, 0.4) is 0 Å². The average Bonchev–Trinajstić information content (AvgIpc) is 2.70. The van der Waals surface area contributed by atoms with Crippen LogP contribution in [0.25, 0.3) is 0 Å². The summed E-state index contributed by atoms with van der Waals surface area (Å²) in [5.74, 6) is -0.614. The molecule has 3 aromatic carbocycles. The number of hydrogen-bond donors (Lipinski definition) is 0. The van der Waals surface area contributed by atoms with E-state index in [1.165, 1.54) is 48.2 Å². The number of halogens is 4. The molecular formula is C23H17F4NOS. The number of alkyl halides is 3. The molecular weight excluding hydrogens is 414 g/mol. The van der Waals surface area contributed by atoms with E-state index in [9.17, 15) is 17.6 Å². The van der Waals surface area contributed by atoms with Crippen molar-refractivity contribution in [1.82, 2.24) is 0 Å². The van der Waals surface area contributed by atoms with Crippen LogP contribution in [0, 0.1) is 12.7 Å². The molecule has 0 amide bonds. The highest BCUT2D eigenvalue weighted by Gasteiger charge is 2.30. The zero-order valence-electron chi connectivity index (χ0n) is 15.9. The molecule has 154 valence electrons. The standard InChI is InChI=1S/C23H17F4NOS/c1-16-2-8-19(9-3-16)28-22(14-15-30-21-12-6-18(24)7-13-21)17-4-10-20(11-5-17)29-23(25,26)27/h2-15H,1H3/b15-14+,28-22?. The van der Waals surface area contributed by atoms with Crippen molar-refractivity contribution >= 4 is 23.2 Å². The lowest BCUT2D eigenvalue weighted by molar-refractivity contribution is -0.274. The van der Waals surface area contributed by atoms with E-state index in [0.717, 1.165) is 10.5 Å². The Labute approximate surface area is 175 Å². The molecule has 0 atom stereocenters. The van der Waals surface area contributed by atoms with E-state index in [4.69, 9.17) is 0 Å². The summed E-state index contributed by atoms with van der Waals surface area (Å²) in [4.78, 5) is 5.46. The van der Waals surface area contributed by atoms with Gasteiger partial charge in [0.1, 0.15) is 11.6 Å². The molecule has 0 N–H and O–H groups in total. The van der Waals surface area contributed by atoms with Crippen molar-refractivity contribution in [3.63, 3.8) is 0 Å². The second kappa shape index (κ2) is 9.63. The summed E-state index contributed by atoms with van der Waals surface area (Å²) in [5.41, 5.74) is 2.99. The molecule has 30 heavy (non-hydrogen) atoms. The summed E-state index contributed by atoms with van der Waals surface area (Å²) in [6, 6.07) is 19.1. The third kappa shape index (κ3) is 6.77. The van der Waals surface area contributed by atoms with E-state index in [-0.39, 0.29) is 11.6 Å². The molecule has 0 aliphatic heterocycles. The molecule has 0 fully saturated rings. The van der Waals surface area contributed by atoms with Gasteiger partial charge in [-0.15, -0.1) is 13.2 Å². The maximum atomic E-state index is 13.0. The number of rotatable bonds is 6. The van der Waals surface area contributed by atoms with Crippen molar-refractivity contribution in [2.75, 3.05) is 0 Å². The highest BCUT2D eigenvalue weighted by molar-refractivity contribution is 8.02. The van der Waals surface area contributed by atoms with E-state index >= 15 is 0 Å². The Kier molecular flexibility index (Phi) is 6.95. The molecule has 0 aliphatic carbocycles. The summed E-state index contributed by atoms with van der Waals surface area (Å²) in [6.07, 6.45) is -2.99. The number of thioether (sulfide) groups is 1. The number of aryl methyl sites for hydroxylation is 1. The van der Waals surface area contributed by atoms with Gasteiger partial charge in [-0.25, -0.2) is 9.38 Å². The smallest absolute Gasteiger partial charge is 0.406 e. The Morgan fingerprint density at radius 2 is 1.53 bits per heavy atom. The maximum absolute atomic E-state index is 13.0. The highest BCUT2D eigenvalue weighted by Crippen LogP contribution is 2.25. The van der Waals surface area contributed by atoms with Crippen molar-refractivity contribution in [1.29, 1.82) is 0 Å². The SMILES string of the molecule is Cc1ccc(N=C(/C=C/Sc2ccc(F)cc2)c2ccc(OC(F)(F)F)cc2)cc1. The van der Waals surface area contributed by atoms with Gasteiger partial charge >= 0.3 is 6.36 Å². The number of aliphatic imine (C=N–C) groups is 1.